The molecular formula is C18H25IN6S. The highest BCUT2D eigenvalue weighted by Crippen LogP contribution is 2.15. The van der Waals surface area contributed by atoms with Crippen molar-refractivity contribution in [3.8, 4) is 0 Å². The number of nitrogens with one attached hydrogen (secondary N) is 1. The zero-order chi connectivity index (χ0) is 17.8. The first-order valence-electron chi connectivity index (χ1n) is 8.33. The second-order valence-electron chi connectivity index (χ2n) is 5.99. The van der Waals surface area contributed by atoms with Gasteiger partial charge in [0, 0.05) is 32.6 Å². The number of aromatic nitrogens is 3. The molecule has 0 bridgehead atoms. The molecule has 0 unspecified atom stereocenters. The van der Waals surface area contributed by atoms with Gasteiger partial charge in [-0.3, -0.25) is 4.99 Å². The number of para-hydroxylation sites is 2. The monoisotopic (exact) mass is 484 g/mol. The number of nitrogens with zero attached hydrogens (tertiary/aromatic N) is 5. The number of benzene rings is 1. The van der Waals surface area contributed by atoms with Crippen LogP contribution in [-0.2, 0) is 13.1 Å². The van der Waals surface area contributed by atoms with Crippen LogP contribution in [0.5, 0.6) is 0 Å². The fourth-order valence-electron chi connectivity index (χ4n) is 2.94. The molecule has 0 saturated carbocycles. The van der Waals surface area contributed by atoms with E-state index in [1.165, 1.54) is 5.52 Å². The normalized spacial score (nSPS) is 11.5. The molecule has 1 N–H and O–H groups in total. The topological polar surface area (TPSA) is 58.3 Å². The van der Waals surface area contributed by atoms with Crippen molar-refractivity contribution in [2.24, 2.45) is 4.99 Å². The Labute approximate surface area is 175 Å². The molecule has 6 nitrogen and oxygen atoms in total. The Hall–Kier alpha value is -1.68. The average molecular weight is 484 g/mol. The minimum atomic E-state index is 0. The first-order chi connectivity index (χ1) is 12.1. The summed E-state index contributed by atoms with van der Waals surface area (Å²) in [5.41, 5.74) is 3.29. The van der Waals surface area contributed by atoms with E-state index in [2.05, 4.69) is 53.3 Å². The molecule has 2 aromatic heterocycles. The van der Waals surface area contributed by atoms with Crippen molar-refractivity contribution in [2.45, 2.75) is 26.9 Å². The van der Waals surface area contributed by atoms with Crippen molar-refractivity contribution >= 4 is 52.3 Å². The summed E-state index contributed by atoms with van der Waals surface area (Å²) in [6.45, 7) is 6.45. The van der Waals surface area contributed by atoms with E-state index in [0.717, 1.165) is 47.6 Å². The molecule has 0 radical (unpaired) electrons. The van der Waals surface area contributed by atoms with Gasteiger partial charge in [0.15, 0.2) is 5.96 Å². The van der Waals surface area contributed by atoms with Crippen LogP contribution in [-0.4, -0.2) is 46.0 Å². The molecule has 0 atom stereocenters. The fourth-order valence-corrected chi connectivity index (χ4v) is 3.54. The van der Waals surface area contributed by atoms with Crippen LogP contribution in [0.2, 0.25) is 0 Å². The predicted molar refractivity (Wildman–Crippen MR) is 120 cm³/mol. The van der Waals surface area contributed by atoms with Crippen molar-refractivity contribution in [3.63, 3.8) is 0 Å². The van der Waals surface area contributed by atoms with E-state index < -0.39 is 0 Å². The van der Waals surface area contributed by atoms with Crippen molar-refractivity contribution in [3.05, 3.63) is 46.2 Å². The second-order valence-corrected chi connectivity index (χ2v) is 7.05. The number of hydrogen-bond donors (Lipinski definition) is 1. The average Bonchev–Trinajstić information content (AvgIpc) is 3.14. The van der Waals surface area contributed by atoms with E-state index in [9.17, 15) is 0 Å². The second kappa shape index (κ2) is 9.31. The third-order valence-electron chi connectivity index (χ3n) is 4.10. The first-order valence-corrected chi connectivity index (χ1v) is 9.21. The van der Waals surface area contributed by atoms with Gasteiger partial charge in [-0.1, -0.05) is 12.1 Å². The van der Waals surface area contributed by atoms with Crippen LogP contribution in [0.1, 0.15) is 16.5 Å². The van der Waals surface area contributed by atoms with Crippen LogP contribution in [0, 0.1) is 13.8 Å². The quantitative estimate of drug-likeness (QED) is 0.343. The zero-order valence-electron chi connectivity index (χ0n) is 15.6. The summed E-state index contributed by atoms with van der Waals surface area (Å²) in [4.78, 5) is 15.6. The molecular weight excluding hydrogens is 459 g/mol. The van der Waals surface area contributed by atoms with Crippen LogP contribution in [0.4, 0.5) is 0 Å². The summed E-state index contributed by atoms with van der Waals surface area (Å²) >= 11 is 1.68. The SMILES string of the molecule is CN=C(NCCn1c(C)nc2ccccc21)N(C)Cc1csc(C)n1.I. The molecule has 0 aliphatic rings. The smallest absolute Gasteiger partial charge is 0.193 e. The van der Waals surface area contributed by atoms with Crippen LogP contribution in [0.15, 0.2) is 34.6 Å². The molecule has 0 fully saturated rings. The van der Waals surface area contributed by atoms with Crippen molar-refractivity contribution in [2.75, 3.05) is 20.6 Å². The Bertz CT molecular complexity index is 885. The van der Waals surface area contributed by atoms with Gasteiger partial charge in [-0.25, -0.2) is 9.97 Å². The lowest BCUT2D eigenvalue weighted by Crippen LogP contribution is -2.40. The summed E-state index contributed by atoms with van der Waals surface area (Å²) < 4.78 is 2.24. The van der Waals surface area contributed by atoms with Crippen LogP contribution in [0.3, 0.4) is 0 Å². The summed E-state index contributed by atoms with van der Waals surface area (Å²) in [5, 5.41) is 6.62. The van der Waals surface area contributed by atoms with Gasteiger partial charge in [0.2, 0.25) is 0 Å². The maximum absolute atomic E-state index is 4.61. The lowest BCUT2D eigenvalue weighted by Gasteiger charge is -2.21. The molecule has 0 aliphatic heterocycles. The largest absolute Gasteiger partial charge is 0.354 e. The van der Waals surface area contributed by atoms with Gasteiger partial charge in [0.25, 0.3) is 0 Å². The highest BCUT2D eigenvalue weighted by molar-refractivity contribution is 14.0. The predicted octanol–water partition coefficient (Wildman–Crippen LogP) is 3.44. The third-order valence-corrected chi connectivity index (χ3v) is 4.93. The molecule has 2 heterocycles. The number of fused-ring (bicyclic) bond motifs is 1. The van der Waals surface area contributed by atoms with Crippen molar-refractivity contribution in [1.29, 1.82) is 0 Å². The van der Waals surface area contributed by atoms with E-state index in [1.807, 2.05) is 34.0 Å². The Balaban J connectivity index is 0.00000243. The molecule has 1 aromatic carbocycles. The molecule has 0 amide bonds. The van der Waals surface area contributed by atoms with Gasteiger partial charge in [-0.2, -0.15) is 0 Å². The van der Waals surface area contributed by atoms with E-state index in [-0.39, 0.29) is 24.0 Å². The number of imidazole rings is 1. The number of aliphatic imine (C=N–C) groups is 1. The van der Waals surface area contributed by atoms with Crippen molar-refractivity contribution in [1.82, 2.24) is 24.8 Å². The minimum Gasteiger partial charge on any atom is -0.354 e. The highest BCUT2D eigenvalue weighted by Gasteiger charge is 2.10. The standard InChI is InChI=1S/C18H24N6S.HI/c1-13-21-16-7-5-6-8-17(16)24(13)10-9-20-18(19-3)23(4)11-15-12-25-14(2)22-15;/h5-8,12H,9-11H2,1-4H3,(H,19,20);1H. The summed E-state index contributed by atoms with van der Waals surface area (Å²) in [7, 11) is 3.84. The number of thiazole rings is 1. The Morgan fingerprint density at radius 2 is 2.04 bits per heavy atom. The molecule has 3 rings (SSSR count). The van der Waals surface area contributed by atoms with Crippen LogP contribution >= 0.6 is 35.3 Å². The first kappa shape index (κ1) is 20.6. The van der Waals surface area contributed by atoms with Gasteiger partial charge in [-0.15, -0.1) is 35.3 Å². The lowest BCUT2D eigenvalue weighted by molar-refractivity contribution is 0.467. The fraction of sp³-hybridized carbons (Fsp3) is 0.389. The summed E-state index contributed by atoms with van der Waals surface area (Å²) in [5.74, 6) is 1.90. The lowest BCUT2D eigenvalue weighted by atomic mass is 10.3. The number of guanidine groups is 1. The van der Waals surface area contributed by atoms with Gasteiger partial charge in [0.1, 0.15) is 5.82 Å². The van der Waals surface area contributed by atoms with Gasteiger partial charge in [0.05, 0.1) is 28.3 Å². The number of rotatable bonds is 5. The van der Waals surface area contributed by atoms with E-state index in [1.54, 1.807) is 11.3 Å². The van der Waals surface area contributed by atoms with Crippen LogP contribution < -0.4 is 5.32 Å². The van der Waals surface area contributed by atoms with E-state index in [0.29, 0.717) is 0 Å². The molecule has 0 saturated heterocycles. The molecule has 8 heteroatoms. The summed E-state index contributed by atoms with van der Waals surface area (Å²) in [6.07, 6.45) is 0. The molecule has 140 valence electrons. The van der Waals surface area contributed by atoms with E-state index in [4.69, 9.17) is 0 Å². The number of halogens is 1. The highest BCUT2D eigenvalue weighted by atomic mass is 127. The third kappa shape index (κ3) is 4.73. The maximum atomic E-state index is 4.61. The Morgan fingerprint density at radius 3 is 2.73 bits per heavy atom. The van der Waals surface area contributed by atoms with Crippen LogP contribution in [0.25, 0.3) is 11.0 Å². The van der Waals surface area contributed by atoms with E-state index >= 15 is 0 Å². The number of aryl methyl sites for hydroxylation is 2. The molecule has 3 aromatic rings. The van der Waals surface area contributed by atoms with Crippen molar-refractivity contribution < 1.29 is 0 Å². The zero-order valence-corrected chi connectivity index (χ0v) is 18.7. The molecule has 26 heavy (non-hydrogen) atoms. The maximum Gasteiger partial charge on any atom is 0.193 e. The Morgan fingerprint density at radius 1 is 1.27 bits per heavy atom. The molecule has 0 spiro atoms. The number of hydrogen-bond acceptors (Lipinski definition) is 4. The van der Waals surface area contributed by atoms with Gasteiger partial charge >= 0.3 is 0 Å². The van der Waals surface area contributed by atoms with Gasteiger partial charge in [-0.05, 0) is 26.0 Å². The van der Waals surface area contributed by atoms with Gasteiger partial charge < -0.3 is 14.8 Å². The Kier molecular flexibility index (Phi) is 7.39. The molecule has 0 aliphatic carbocycles. The minimum absolute atomic E-state index is 0. The summed E-state index contributed by atoms with van der Waals surface area (Å²) in [6, 6.07) is 8.24.